The van der Waals surface area contributed by atoms with Gasteiger partial charge in [0.15, 0.2) is 0 Å². The lowest BCUT2D eigenvalue weighted by molar-refractivity contribution is -0.133. The zero-order valence-corrected chi connectivity index (χ0v) is 17.8. The maximum Gasteiger partial charge on any atom is 0.254 e. The second-order valence-electron chi connectivity index (χ2n) is 8.06. The van der Waals surface area contributed by atoms with E-state index in [0.717, 1.165) is 36.7 Å². The van der Waals surface area contributed by atoms with Crippen LogP contribution in [0.3, 0.4) is 0 Å². The maximum atomic E-state index is 12.7. The van der Waals surface area contributed by atoms with Crippen LogP contribution in [0.2, 0.25) is 0 Å². The Morgan fingerprint density at radius 2 is 1.90 bits per heavy atom. The summed E-state index contributed by atoms with van der Waals surface area (Å²) < 4.78 is 5.23. The van der Waals surface area contributed by atoms with Gasteiger partial charge in [-0.1, -0.05) is 17.3 Å². The summed E-state index contributed by atoms with van der Waals surface area (Å²) in [7, 11) is 0. The van der Waals surface area contributed by atoms with Crippen molar-refractivity contribution < 1.29 is 18.9 Å². The number of fused-ring (bicyclic) bond motifs is 1. The normalized spacial score (nSPS) is 19.4. The minimum Gasteiger partial charge on any atom is -0.361 e. The third-order valence-corrected chi connectivity index (χ3v) is 5.99. The third kappa shape index (κ3) is 4.61. The molecule has 2 aliphatic rings. The van der Waals surface area contributed by atoms with Gasteiger partial charge in [-0.15, -0.1) is 0 Å². The number of hydrogen-bond acceptors (Lipinski definition) is 6. The molecule has 0 aliphatic carbocycles. The second-order valence-corrected chi connectivity index (χ2v) is 8.06. The first kappa shape index (κ1) is 21.0. The van der Waals surface area contributed by atoms with Crippen molar-refractivity contribution in [2.45, 2.75) is 39.3 Å². The summed E-state index contributed by atoms with van der Waals surface area (Å²) in [6.45, 7) is 7.42. The molecule has 4 rings (SSSR count). The molecule has 0 saturated carbocycles. The van der Waals surface area contributed by atoms with Crippen LogP contribution in [0.15, 0.2) is 28.8 Å². The number of aryl methyl sites for hydroxylation is 2. The SMILES string of the molecule is Cc1noc(C)c1CN1CCN(C(=O)CCC2NC(=O)c3ccccc3NC2=O)CC1. The van der Waals surface area contributed by atoms with E-state index in [4.69, 9.17) is 4.52 Å². The van der Waals surface area contributed by atoms with Crippen LogP contribution < -0.4 is 10.6 Å². The lowest BCUT2D eigenvalue weighted by atomic mass is 10.1. The highest BCUT2D eigenvalue weighted by Gasteiger charge is 2.29. The summed E-state index contributed by atoms with van der Waals surface area (Å²) >= 11 is 0. The quantitative estimate of drug-likeness (QED) is 0.751. The molecular formula is C22H27N5O4. The zero-order chi connectivity index (χ0) is 22.0. The molecule has 31 heavy (non-hydrogen) atoms. The van der Waals surface area contributed by atoms with E-state index in [1.807, 2.05) is 18.7 Å². The minimum atomic E-state index is -0.732. The van der Waals surface area contributed by atoms with Crippen LogP contribution in [0.4, 0.5) is 5.69 Å². The number of aromatic nitrogens is 1. The van der Waals surface area contributed by atoms with Gasteiger partial charge in [-0.05, 0) is 32.4 Å². The molecule has 1 unspecified atom stereocenters. The molecule has 164 valence electrons. The Morgan fingerprint density at radius 1 is 1.16 bits per heavy atom. The van der Waals surface area contributed by atoms with Crippen LogP contribution in [0.25, 0.3) is 0 Å². The Hall–Kier alpha value is -3.20. The zero-order valence-electron chi connectivity index (χ0n) is 17.8. The molecular weight excluding hydrogens is 398 g/mol. The minimum absolute atomic E-state index is 0.000740. The predicted octanol–water partition coefficient (Wildman–Crippen LogP) is 1.47. The van der Waals surface area contributed by atoms with Gasteiger partial charge >= 0.3 is 0 Å². The van der Waals surface area contributed by atoms with Gasteiger partial charge in [0.2, 0.25) is 11.8 Å². The number of amides is 3. The molecule has 1 saturated heterocycles. The van der Waals surface area contributed by atoms with E-state index in [9.17, 15) is 14.4 Å². The van der Waals surface area contributed by atoms with E-state index in [0.29, 0.717) is 24.3 Å². The monoisotopic (exact) mass is 425 g/mol. The van der Waals surface area contributed by atoms with E-state index in [1.54, 1.807) is 24.3 Å². The van der Waals surface area contributed by atoms with Gasteiger partial charge in [-0.3, -0.25) is 19.3 Å². The molecule has 0 radical (unpaired) electrons. The summed E-state index contributed by atoms with van der Waals surface area (Å²) in [5.41, 5.74) is 2.94. The number of rotatable bonds is 5. The average Bonchev–Trinajstić information content (AvgIpc) is 3.02. The fourth-order valence-electron chi connectivity index (χ4n) is 4.05. The third-order valence-electron chi connectivity index (χ3n) is 5.99. The molecule has 0 spiro atoms. The molecule has 0 bridgehead atoms. The number of nitrogens with zero attached hydrogens (tertiary/aromatic N) is 3. The fraction of sp³-hybridized carbons (Fsp3) is 0.455. The number of anilines is 1. The van der Waals surface area contributed by atoms with Crippen LogP contribution in [0.1, 0.15) is 40.2 Å². The topological polar surface area (TPSA) is 108 Å². The Labute approximate surface area is 180 Å². The largest absolute Gasteiger partial charge is 0.361 e. The molecule has 9 heteroatoms. The van der Waals surface area contributed by atoms with Crippen LogP contribution >= 0.6 is 0 Å². The summed E-state index contributed by atoms with van der Waals surface area (Å²) in [5, 5.41) is 9.51. The fourth-order valence-corrected chi connectivity index (χ4v) is 4.05. The molecule has 2 N–H and O–H groups in total. The van der Waals surface area contributed by atoms with Crippen LogP contribution in [-0.2, 0) is 16.1 Å². The van der Waals surface area contributed by atoms with Crippen molar-refractivity contribution in [3.05, 3.63) is 46.8 Å². The lowest BCUT2D eigenvalue weighted by Crippen LogP contribution is -2.49. The smallest absolute Gasteiger partial charge is 0.254 e. The summed E-state index contributed by atoms with van der Waals surface area (Å²) in [6, 6.07) is 6.15. The summed E-state index contributed by atoms with van der Waals surface area (Å²) in [4.78, 5) is 41.7. The standard InChI is InChI=1S/C22H27N5O4/c1-14-17(15(2)31-25-14)13-26-9-11-27(12-10-26)20(28)8-7-19-22(30)23-18-6-4-3-5-16(18)21(29)24-19/h3-6,19H,7-13H2,1-2H3,(H,23,30)(H,24,29). The van der Waals surface area contributed by atoms with Crippen molar-refractivity contribution in [1.82, 2.24) is 20.3 Å². The van der Waals surface area contributed by atoms with Gasteiger partial charge in [0.1, 0.15) is 11.8 Å². The van der Waals surface area contributed by atoms with Crippen molar-refractivity contribution in [2.75, 3.05) is 31.5 Å². The molecule has 9 nitrogen and oxygen atoms in total. The molecule has 1 fully saturated rings. The van der Waals surface area contributed by atoms with E-state index in [1.165, 1.54) is 0 Å². The average molecular weight is 425 g/mol. The van der Waals surface area contributed by atoms with E-state index in [-0.39, 0.29) is 30.6 Å². The molecule has 3 amide bonds. The Morgan fingerprint density at radius 3 is 2.61 bits per heavy atom. The number of hydrogen-bond donors (Lipinski definition) is 2. The van der Waals surface area contributed by atoms with E-state index in [2.05, 4.69) is 20.7 Å². The Balaban J connectivity index is 1.27. The number of para-hydroxylation sites is 1. The Bertz CT molecular complexity index is 974. The first-order valence-corrected chi connectivity index (χ1v) is 10.5. The number of piperazine rings is 1. The highest BCUT2D eigenvalue weighted by Crippen LogP contribution is 2.20. The van der Waals surface area contributed by atoms with Gasteiger partial charge in [-0.2, -0.15) is 0 Å². The predicted molar refractivity (Wildman–Crippen MR) is 113 cm³/mol. The van der Waals surface area contributed by atoms with E-state index < -0.39 is 6.04 Å². The van der Waals surface area contributed by atoms with Crippen molar-refractivity contribution in [2.24, 2.45) is 0 Å². The first-order chi connectivity index (χ1) is 14.9. The van der Waals surface area contributed by atoms with Crippen LogP contribution in [0, 0.1) is 13.8 Å². The molecule has 2 aromatic rings. The van der Waals surface area contributed by atoms with Gasteiger partial charge in [0.05, 0.1) is 16.9 Å². The van der Waals surface area contributed by atoms with Crippen molar-refractivity contribution in [1.29, 1.82) is 0 Å². The molecule has 1 aromatic heterocycles. The van der Waals surface area contributed by atoms with Crippen LogP contribution in [-0.4, -0.2) is 64.9 Å². The number of nitrogens with one attached hydrogen (secondary N) is 2. The second kappa shape index (κ2) is 8.89. The summed E-state index contributed by atoms with van der Waals surface area (Å²) in [6.07, 6.45) is 0.474. The molecule has 1 atom stereocenters. The molecule has 3 heterocycles. The van der Waals surface area contributed by atoms with Crippen LogP contribution in [0.5, 0.6) is 0 Å². The maximum absolute atomic E-state index is 12.7. The highest BCUT2D eigenvalue weighted by molar-refractivity contribution is 6.09. The van der Waals surface area contributed by atoms with Gasteiger partial charge < -0.3 is 20.1 Å². The lowest BCUT2D eigenvalue weighted by Gasteiger charge is -2.35. The number of carbonyl (C=O) groups excluding carboxylic acids is 3. The van der Waals surface area contributed by atoms with Gasteiger partial charge in [0.25, 0.3) is 5.91 Å². The molecule has 1 aromatic carbocycles. The van der Waals surface area contributed by atoms with Crippen molar-refractivity contribution in [3.63, 3.8) is 0 Å². The van der Waals surface area contributed by atoms with E-state index >= 15 is 0 Å². The van der Waals surface area contributed by atoms with Gasteiger partial charge in [0, 0.05) is 44.7 Å². The first-order valence-electron chi connectivity index (χ1n) is 10.5. The Kier molecular flexibility index (Phi) is 6.03. The van der Waals surface area contributed by atoms with Crippen molar-refractivity contribution in [3.8, 4) is 0 Å². The number of benzene rings is 1. The molecule has 2 aliphatic heterocycles. The van der Waals surface area contributed by atoms with Gasteiger partial charge in [-0.25, -0.2) is 0 Å². The summed E-state index contributed by atoms with van der Waals surface area (Å²) in [5.74, 6) is 0.234. The highest BCUT2D eigenvalue weighted by atomic mass is 16.5. The number of carbonyl (C=O) groups is 3. The van der Waals surface area contributed by atoms with Crippen molar-refractivity contribution >= 4 is 23.4 Å².